The van der Waals surface area contributed by atoms with Gasteiger partial charge in [-0.25, -0.2) is 0 Å². The minimum Gasteiger partial charge on any atom is -0.481 e. The zero-order valence-electron chi connectivity index (χ0n) is 13.1. The third kappa shape index (κ3) is 5.38. The van der Waals surface area contributed by atoms with Gasteiger partial charge in [0.1, 0.15) is 0 Å². The summed E-state index contributed by atoms with van der Waals surface area (Å²) in [5.41, 5.74) is 0.889. The van der Waals surface area contributed by atoms with E-state index in [1.54, 1.807) is 18.2 Å². The van der Waals surface area contributed by atoms with Gasteiger partial charge in [-0.3, -0.25) is 9.59 Å². The maximum Gasteiger partial charge on any atom is 0.303 e. The first kappa shape index (κ1) is 18.0. The quantitative estimate of drug-likeness (QED) is 0.672. The van der Waals surface area contributed by atoms with Gasteiger partial charge in [-0.05, 0) is 25.0 Å². The second-order valence-corrected chi connectivity index (χ2v) is 5.78. The van der Waals surface area contributed by atoms with Gasteiger partial charge in [0, 0.05) is 24.6 Å². The number of aliphatic carboxylic acids is 1. The lowest BCUT2D eigenvalue weighted by molar-refractivity contribution is -0.137. The summed E-state index contributed by atoms with van der Waals surface area (Å²) in [7, 11) is 0. The first-order valence-electron chi connectivity index (χ1n) is 7.79. The molecule has 0 radical (unpaired) electrons. The number of carbonyl (C=O) groups excluding carboxylic acids is 1. The molecule has 128 valence electrons. The normalized spacial score (nSPS) is 10.5. The van der Waals surface area contributed by atoms with Crippen LogP contribution in [0.25, 0.3) is 11.3 Å². The Morgan fingerprint density at radius 1 is 1.17 bits per heavy atom. The SMILES string of the molecule is O=C(O)CCCCCCNC(=O)c1cc(-c2ccccc2Cl)on1. The highest BCUT2D eigenvalue weighted by Crippen LogP contribution is 2.27. The predicted molar refractivity (Wildman–Crippen MR) is 90.0 cm³/mol. The number of aromatic nitrogens is 1. The molecule has 24 heavy (non-hydrogen) atoms. The highest BCUT2D eigenvalue weighted by molar-refractivity contribution is 6.33. The molecule has 1 aromatic heterocycles. The maximum atomic E-state index is 12.0. The molecule has 0 unspecified atom stereocenters. The summed E-state index contributed by atoms with van der Waals surface area (Å²) in [5.74, 6) is -0.634. The van der Waals surface area contributed by atoms with E-state index in [1.807, 2.05) is 12.1 Å². The van der Waals surface area contributed by atoms with Crippen molar-refractivity contribution in [3.8, 4) is 11.3 Å². The summed E-state index contributed by atoms with van der Waals surface area (Å²) >= 11 is 6.09. The van der Waals surface area contributed by atoms with Crippen LogP contribution in [0.5, 0.6) is 0 Å². The van der Waals surface area contributed by atoms with Crippen molar-refractivity contribution >= 4 is 23.5 Å². The molecule has 0 saturated carbocycles. The summed E-state index contributed by atoms with van der Waals surface area (Å²) in [4.78, 5) is 22.4. The Balaban J connectivity index is 1.76. The van der Waals surface area contributed by atoms with Crippen LogP contribution in [0.4, 0.5) is 0 Å². The summed E-state index contributed by atoms with van der Waals surface area (Å²) in [5, 5.41) is 15.6. The van der Waals surface area contributed by atoms with Crippen molar-refractivity contribution in [1.82, 2.24) is 10.5 Å². The average molecular weight is 351 g/mol. The first-order chi connectivity index (χ1) is 11.6. The van der Waals surface area contributed by atoms with Crippen LogP contribution in [0.2, 0.25) is 5.02 Å². The summed E-state index contributed by atoms with van der Waals surface area (Å²) in [6, 6.07) is 8.73. The molecule has 0 aliphatic rings. The molecular weight excluding hydrogens is 332 g/mol. The maximum absolute atomic E-state index is 12.0. The molecule has 0 atom stereocenters. The van der Waals surface area contributed by atoms with Crippen LogP contribution in [0.3, 0.4) is 0 Å². The molecule has 0 bridgehead atoms. The fourth-order valence-electron chi connectivity index (χ4n) is 2.22. The van der Waals surface area contributed by atoms with Crippen molar-refractivity contribution < 1.29 is 19.2 Å². The van der Waals surface area contributed by atoms with Gasteiger partial charge in [-0.1, -0.05) is 41.7 Å². The predicted octanol–water partition coefficient (Wildman–Crippen LogP) is 3.76. The van der Waals surface area contributed by atoms with Gasteiger partial charge in [-0.15, -0.1) is 0 Å². The van der Waals surface area contributed by atoms with Crippen molar-refractivity contribution in [2.24, 2.45) is 0 Å². The van der Waals surface area contributed by atoms with Crippen LogP contribution in [-0.4, -0.2) is 28.7 Å². The summed E-state index contributed by atoms with van der Waals surface area (Å²) < 4.78 is 5.18. The van der Waals surface area contributed by atoms with E-state index in [2.05, 4.69) is 10.5 Å². The van der Waals surface area contributed by atoms with Gasteiger partial charge < -0.3 is 14.9 Å². The van der Waals surface area contributed by atoms with E-state index in [0.29, 0.717) is 29.3 Å². The number of carbonyl (C=O) groups is 2. The number of hydrogen-bond acceptors (Lipinski definition) is 4. The Bertz CT molecular complexity index is 699. The minimum absolute atomic E-state index is 0.191. The van der Waals surface area contributed by atoms with E-state index in [0.717, 1.165) is 19.3 Å². The van der Waals surface area contributed by atoms with Crippen molar-refractivity contribution in [2.45, 2.75) is 32.1 Å². The molecule has 0 aliphatic heterocycles. The molecule has 7 heteroatoms. The number of rotatable bonds is 9. The van der Waals surface area contributed by atoms with E-state index >= 15 is 0 Å². The van der Waals surface area contributed by atoms with Crippen molar-refractivity contribution in [1.29, 1.82) is 0 Å². The lowest BCUT2D eigenvalue weighted by Crippen LogP contribution is -2.24. The highest BCUT2D eigenvalue weighted by atomic mass is 35.5. The highest BCUT2D eigenvalue weighted by Gasteiger charge is 2.14. The molecule has 2 aromatic rings. The third-order valence-electron chi connectivity index (χ3n) is 3.49. The Hall–Kier alpha value is -2.34. The van der Waals surface area contributed by atoms with Gasteiger partial charge >= 0.3 is 5.97 Å². The van der Waals surface area contributed by atoms with Crippen LogP contribution in [0.15, 0.2) is 34.9 Å². The van der Waals surface area contributed by atoms with Gasteiger partial charge in [-0.2, -0.15) is 0 Å². The van der Waals surface area contributed by atoms with Crippen LogP contribution in [-0.2, 0) is 4.79 Å². The molecule has 0 fully saturated rings. The van der Waals surface area contributed by atoms with E-state index in [1.165, 1.54) is 0 Å². The van der Waals surface area contributed by atoms with Crippen LogP contribution >= 0.6 is 11.6 Å². The standard InChI is InChI=1S/C17H19ClN2O4/c18-13-8-5-4-7-12(13)15-11-14(20-24-15)17(23)19-10-6-2-1-3-9-16(21)22/h4-5,7-8,11H,1-3,6,9-10H2,(H,19,23)(H,21,22). The van der Waals surface area contributed by atoms with Crippen molar-refractivity contribution in [3.63, 3.8) is 0 Å². The molecule has 0 saturated heterocycles. The van der Waals surface area contributed by atoms with E-state index in [9.17, 15) is 9.59 Å². The zero-order valence-corrected chi connectivity index (χ0v) is 13.9. The molecular formula is C17H19ClN2O4. The van der Waals surface area contributed by atoms with Gasteiger partial charge in [0.2, 0.25) is 0 Å². The number of nitrogens with zero attached hydrogens (tertiary/aromatic N) is 1. The Labute approximate surface area is 144 Å². The molecule has 1 aromatic carbocycles. The van der Waals surface area contributed by atoms with Gasteiger partial charge in [0.05, 0.1) is 5.02 Å². The van der Waals surface area contributed by atoms with Crippen molar-refractivity contribution in [2.75, 3.05) is 6.54 Å². The van der Waals surface area contributed by atoms with Gasteiger partial charge in [0.25, 0.3) is 5.91 Å². The number of carboxylic acids is 1. The molecule has 2 rings (SSSR count). The molecule has 1 heterocycles. The van der Waals surface area contributed by atoms with E-state index in [4.69, 9.17) is 21.2 Å². The van der Waals surface area contributed by atoms with E-state index in [-0.39, 0.29) is 18.0 Å². The lowest BCUT2D eigenvalue weighted by Gasteiger charge is -2.02. The fraction of sp³-hybridized carbons (Fsp3) is 0.353. The topological polar surface area (TPSA) is 92.4 Å². The zero-order chi connectivity index (χ0) is 17.4. The van der Waals surface area contributed by atoms with Gasteiger partial charge in [0.15, 0.2) is 11.5 Å². The van der Waals surface area contributed by atoms with Crippen LogP contribution in [0, 0.1) is 0 Å². The monoisotopic (exact) mass is 350 g/mol. The second kappa shape index (κ2) is 9.08. The minimum atomic E-state index is -0.774. The number of benzene rings is 1. The Kier molecular flexibility index (Phi) is 6.81. The largest absolute Gasteiger partial charge is 0.481 e. The summed E-state index contributed by atoms with van der Waals surface area (Å²) in [6.45, 7) is 0.514. The Morgan fingerprint density at radius 2 is 1.92 bits per heavy atom. The number of unbranched alkanes of at least 4 members (excludes halogenated alkanes) is 3. The number of carboxylic acid groups (broad SMARTS) is 1. The Morgan fingerprint density at radius 3 is 2.67 bits per heavy atom. The number of hydrogen-bond donors (Lipinski definition) is 2. The first-order valence-corrected chi connectivity index (χ1v) is 8.17. The number of amides is 1. The number of halogens is 1. The van der Waals surface area contributed by atoms with E-state index < -0.39 is 5.97 Å². The lowest BCUT2D eigenvalue weighted by atomic mass is 10.1. The average Bonchev–Trinajstić information content (AvgIpc) is 3.03. The smallest absolute Gasteiger partial charge is 0.303 e. The van der Waals surface area contributed by atoms with Crippen LogP contribution in [0.1, 0.15) is 42.6 Å². The third-order valence-corrected chi connectivity index (χ3v) is 3.81. The molecule has 2 N–H and O–H groups in total. The molecule has 6 nitrogen and oxygen atoms in total. The fourth-order valence-corrected chi connectivity index (χ4v) is 2.45. The number of nitrogens with one attached hydrogen (secondary N) is 1. The molecule has 0 aliphatic carbocycles. The second-order valence-electron chi connectivity index (χ2n) is 5.37. The van der Waals surface area contributed by atoms with Crippen LogP contribution < -0.4 is 5.32 Å². The van der Waals surface area contributed by atoms with Crippen molar-refractivity contribution in [3.05, 3.63) is 41.0 Å². The summed E-state index contributed by atoms with van der Waals surface area (Å²) in [6.07, 6.45) is 3.35. The molecule has 1 amide bonds. The molecule has 0 spiro atoms.